The largest absolute Gasteiger partial charge is 0.480 e. The highest BCUT2D eigenvalue weighted by molar-refractivity contribution is 9.10. The van der Waals surface area contributed by atoms with Gasteiger partial charge in [0.2, 0.25) is 0 Å². The number of halogens is 1. The van der Waals surface area contributed by atoms with Crippen LogP contribution in [-0.4, -0.2) is 17.1 Å². The third kappa shape index (κ3) is 5.33. The fourth-order valence-electron chi connectivity index (χ4n) is 1.61. The third-order valence-corrected chi connectivity index (χ3v) is 3.08. The van der Waals surface area contributed by atoms with E-state index >= 15 is 0 Å². The zero-order chi connectivity index (χ0) is 12.7. The van der Waals surface area contributed by atoms with Crippen LogP contribution in [0.4, 0.5) is 0 Å². The maximum absolute atomic E-state index is 11.0. The van der Waals surface area contributed by atoms with Gasteiger partial charge in [0.1, 0.15) is 6.04 Å². The summed E-state index contributed by atoms with van der Waals surface area (Å²) in [6.45, 7) is 2.65. The fraction of sp³-hybridized carbons (Fsp3) is 0.462. The molecule has 4 heteroatoms. The second kappa shape index (κ2) is 7.45. The maximum Gasteiger partial charge on any atom is 0.320 e. The van der Waals surface area contributed by atoms with Crippen LogP contribution in [0.3, 0.4) is 0 Å². The first-order valence-electron chi connectivity index (χ1n) is 5.84. The Hall–Kier alpha value is -0.870. The van der Waals surface area contributed by atoms with Gasteiger partial charge in [0.05, 0.1) is 0 Å². The fourth-order valence-corrected chi connectivity index (χ4v) is 2.06. The molecule has 0 fully saturated rings. The van der Waals surface area contributed by atoms with Gasteiger partial charge in [-0.15, -0.1) is 0 Å². The Morgan fingerprint density at radius 1 is 1.53 bits per heavy atom. The van der Waals surface area contributed by atoms with Gasteiger partial charge < -0.3 is 10.4 Å². The monoisotopic (exact) mass is 299 g/mol. The zero-order valence-corrected chi connectivity index (χ0v) is 11.5. The Bertz CT molecular complexity index is 368. The minimum Gasteiger partial charge on any atom is -0.480 e. The molecule has 1 unspecified atom stereocenters. The van der Waals surface area contributed by atoms with Gasteiger partial charge in [0.25, 0.3) is 0 Å². The van der Waals surface area contributed by atoms with Gasteiger partial charge in [-0.05, 0) is 24.1 Å². The summed E-state index contributed by atoms with van der Waals surface area (Å²) in [5.41, 5.74) is 1.09. The summed E-state index contributed by atoms with van der Waals surface area (Å²) in [6.07, 6.45) is 2.63. The zero-order valence-electron chi connectivity index (χ0n) is 9.95. The number of hydrogen-bond acceptors (Lipinski definition) is 2. The number of rotatable bonds is 7. The summed E-state index contributed by atoms with van der Waals surface area (Å²) < 4.78 is 1.01. The van der Waals surface area contributed by atoms with Crippen molar-refractivity contribution in [2.45, 2.75) is 38.8 Å². The first kappa shape index (κ1) is 14.2. The molecule has 0 aromatic heterocycles. The summed E-state index contributed by atoms with van der Waals surface area (Å²) in [6, 6.07) is 7.43. The summed E-state index contributed by atoms with van der Waals surface area (Å²) in [5.74, 6) is -0.770. The van der Waals surface area contributed by atoms with E-state index in [1.807, 2.05) is 24.3 Å². The van der Waals surface area contributed by atoms with Gasteiger partial charge in [-0.2, -0.15) is 0 Å². The van der Waals surface area contributed by atoms with E-state index in [2.05, 4.69) is 28.2 Å². The van der Waals surface area contributed by atoms with Crippen molar-refractivity contribution in [3.63, 3.8) is 0 Å². The molecule has 0 bridgehead atoms. The van der Waals surface area contributed by atoms with Crippen molar-refractivity contribution < 1.29 is 9.90 Å². The van der Waals surface area contributed by atoms with Crippen molar-refractivity contribution in [3.8, 4) is 0 Å². The Labute approximate surface area is 110 Å². The summed E-state index contributed by atoms with van der Waals surface area (Å²) in [4.78, 5) is 11.0. The summed E-state index contributed by atoms with van der Waals surface area (Å²) >= 11 is 3.40. The Balaban J connectivity index is 2.48. The molecule has 0 amide bonds. The predicted octanol–water partition coefficient (Wildman–Crippen LogP) is 3.18. The van der Waals surface area contributed by atoms with Crippen molar-refractivity contribution in [1.29, 1.82) is 0 Å². The van der Waals surface area contributed by atoms with E-state index in [1.165, 1.54) is 0 Å². The van der Waals surface area contributed by atoms with Crippen molar-refractivity contribution in [2.75, 3.05) is 0 Å². The lowest BCUT2D eigenvalue weighted by molar-refractivity contribution is -0.139. The number of hydrogen-bond donors (Lipinski definition) is 2. The number of benzene rings is 1. The molecule has 1 atom stereocenters. The van der Waals surface area contributed by atoms with Crippen LogP contribution in [0.1, 0.15) is 31.7 Å². The smallest absolute Gasteiger partial charge is 0.320 e. The number of carbonyl (C=O) groups is 1. The number of carboxylic acid groups (broad SMARTS) is 1. The van der Waals surface area contributed by atoms with Crippen LogP contribution in [0.25, 0.3) is 0 Å². The Morgan fingerprint density at radius 2 is 2.29 bits per heavy atom. The first-order chi connectivity index (χ1) is 8.13. The molecule has 0 spiro atoms. The quantitative estimate of drug-likeness (QED) is 0.813. The van der Waals surface area contributed by atoms with Crippen LogP contribution in [0.2, 0.25) is 0 Å². The molecule has 2 N–H and O–H groups in total. The van der Waals surface area contributed by atoms with Crippen LogP contribution >= 0.6 is 15.9 Å². The highest BCUT2D eigenvalue weighted by Gasteiger charge is 2.15. The molecular weight excluding hydrogens is 282 g/mol. The lowest BCUT2D eigenvalue weighted by Crippen LogP contribution is -2.36. The molecule has 0 aliphatic carbocycles. The molecule has 0 aliphatic heterocycles. The number of unbranched alkanes of at least 4 members (excludes halogenated alkanes) is 1. The first-order valence-corrected chi connectivity index (χ1v) is 6.63. The van der Waals surface area contributed by atoms with Crippen LogP contribution in [0, 0.1) is 0 Å². The van der Waals surface area contributed by atoms with E-state index in [-0.39, 0.29) is 0 Å². The molecule has 0 aliphatic rings. The van der Waals surface area contributed by atoms with Crippen molar-refractivity contribution in [3.05, 3.63) is 34.3 Å². The predicted molar refractivity (Wildman–Crippen MR) is 71.9 cm³/mol. The minimum absolute atomic E-state index is 0.450. The molecule has 0 saturated heterocycles. The van der Waals surface area contributed by atoms with E-state index in [0.29, 0.717) is 13.0 Å². The second-order valence-electron chi connectivity index (χ2n) is 4.04. The van der Waals surface area contributed by atoms with E-state index in [1.54, 1.807) is 0 Å². The maximum atomic E-state index is 11.0. The highest BCUT2D eigenvalue weighted by atomic mass is 79.9. The van der Waals surface area contributed by atoms with E-state index in [4.69, 9.17) is 5.11 Å². The second-order valence-corrected chi connectivity index (χ2v) is 4.96. The molecule has 0 heterocycles. The van der Waals surface area contributed by atoms with E-state index in [9.17, 15) is 4.79 Å². The van der Waals surface area contributed by atoms with Gasteiger partial charge in [-0.25, -0.2) is 0 Å². The molecule has 17 heavy (non-hydrogen) atoms. The standard InChI is InChI=1S/C13H18BrNO2/c1-2-3-7-12(13(16)17)15-9-10-5-4-6-11(14)8-10/h4-6,8,12,15H,2-3,7,9H2,1H3,(H,16,17). The molecule has 1 aromatic carbocycles. The van der Waals surface area contributed by atoms with Gasteiger partial charge in [-0.1, -0.05) is 47.8 Å². The summed E-state index contributed by atoms with van der Waals surface area (Å²) in [7, 11) is 0. The third-order valence-electron chi connectivity index (χ3n) is 2.59. The minimum atomic E-state index is -0.770. The average Bonchev–Trinajstić information content (AvgIpc) is 2.28. The Morgan fingerprint density at radius 3 is 2.88 bits per heavy atom. The molecule has 94 valence electrons. The average molecular weight is 300 g/mol. The summed E-state index contributed by atoms with van der Waals surface area (Å²) in [5, 5.41) is 12.1. The van der Waals surface area contributed by atoms with E-state index in [0.717, 1.165) is 22.9 Å². The number of aliphatic carboxylic acids is 1. The molecule has 1 aromatic rings. The highest BCUT2D eigenvalue weighted by Crippen LogP contribution is 2.12. The SMILES string of the molecule is CCCCC(NCc1cccc(Br)c1)C(=O)O. The van der Waals surface area contributed by atoms with Gasteiger partial charge in [0, 0.05) is 11.0 Å². The van der Waals surface area contributed by atoms with Gasteiger partial charge >= 0.3 is 5.97 Å². The van der Waals surface area contributed by atoms with Gasteiger partial charge in [-0.3, -0.25) is 4.79 Å². The Kier molecular flexibility index (Phi) is 6.22. The normalized spacial score (nSPS) is 12.4. The van der Waals surface area contributed by atoms with Crippen molar-refractivity contribution in [1.82, 2.24) is 5.32 Å². The topological polar surface area (TPSA) is 49.3 Å². The van der Waals surface area contributed by atoms with Crippen molar-refractivity contribution in [2.24, 2.45) is 0 Å². The molecule has 0 radical (unpaired) electrons. The molecule has 3 nitrogen and oxygen atoms in total. The van der Waals surface area contributed by atoms with Crippen LogP contribution in [-0.2, 0) is 11.3 Å². The van der Waals surface area contributed by atoms with Crippen LogP contribution in [0.5, 0.6) is 0 Å². The molecule has 0 saturated carbocycles. The number of carboxylic acids is 1. The van der Waals surface area contributed by atoms with E-state index < -0.39 is 12.0 Å². The van der Waals surface area contributed by atoms with Crippen molar-refractivity contribution >= 4 is 21.9 Å². The lowest BCUT2D eigenvalue weighted by Gasteiger charge is -2.14. The van der Waals surface area contributed by atoms with Crippen LogP contribution < -0.4 is 5.32 Å². The molecular formula is C13H18BrNO2. The van der Waals surface area contributed by atoms with Crippen LogP contribution in [0.15, 0.2) is 28.7 Å². The number of nitrogens with one attached hydrogen (secondary N) is 1. The lowest BCUT2D eigenvalue weighted by atomic mass is 10.1. The van der Waals surface area contributed by atoms with Gasteiger partial charge in [0.15, 0.2) is 0 Å². The molecule has 1 rings (SSSR count).